The van der Waals surface area contributed by atoms with E-state index in [0.29, 0.717) is 24.6 Å². The van der Waals surface area contributed by atoms with Crippen molar-refractivity contribution < 1.29 is 22.7 Å². The molecule has 0 heterocycles. The van der Waals surface area contributed by atoms with E-state index in [1.165, 1.54) is 17.0 Å². The number of nitrogens with zero attached hydrogens (tertiary/aromatic N) is 2. The standard InChI is InChI=1S/C31H38BrN3O5S/c1-5-7-19-33-31(37)24(4)34(21-25-10-8-9-23(3)20-25)30(36)22-35(27-13-15-28(16-14-27)40-6-2)41(38,39)29-17-11-26(32)12-18-29/h8-18,20,24H,5-7,19,21-22H2,1-4H3,(H,33,37)/t24-/m0/s1. The van der Waals surface area contributed by atoms with Crippen molar-refractivity contribution in [3.8, 4) is 5.75 Å². The van der Waals surface area contributed by atoms with Crippen molar-refractivity contribution >= 4 is 43.5 Å². The van der Waals surface area contributed by atoms with Crippen LogP contribution < -0.4 is 14.4 Å². The van der Waals surface area contributed by atoms with E-state index in [1.807, 2.05) is 45.0 Å². The summed E-state index contributed by atoms with van der Waals surface area (Å²) in [5.74, 6) is -0.205. The summed E-state index contributed by atoms with van der Waals surface area (Å²) in [7, 11) is -4.14. The number of aryl methyl sites for hydroxylation is 1. The van der Waals surface area contributed by atoms with Crippen LogP contribution in [0.2, 0.25) is 0 Å². The Hall–Kier alpha value is -3.37. The smallest absolute Gasteiger partial charge is 0.264 e. The van der Waals surface area contributed by atoms with Gasteiger partial charge in [-0.15, -0.1) is 0 Å². The number of rotatable bonds is 14. The van der Waals surface area contributed by atoms with Gasteiger partial charge in [-0.3, -0.25) is 13.9 Å². The summed E-state index contributed by atoms with van der Waals surface area (Å²) in [6.45, 7) is 8.13. The molecule has 10 heteroatoms. The normalized spacial score (nSPS) is 11.9. The third-order valence-corrected chi connectivity index (χ3v) is 8.87. The van der Waals surface area contributed by atoms with E-state index < -0.39 is 28.5 Å². The lowest BCUT2D eigenvalue weighted by Crippen LogP contribution is -2.51. The maximum absolute atomic E-state index is 14.0. The van der Waals surface area contributed by atoms with Crippen LogP contribution in [-0.2, 0) is 26.2 Å². The number of amides is 2. The molecule has 1 N–H and O–H groups in total. The molecule has 2 amide bonds. The fraction of sp³-hybridized carbons (Fsp3) is 0.355. The van der Waals surface area contributed by atoms with Crippen molar-refractivity contribution in [3.63, 3.8) is 0 Å². The van der Waals surface area contributed by atoms with Crippen LogP contribution in [0.3, 0.4) is 0 Å². The second-order valence-corrected chi connectivity index (χ2v) is 12.5. The second-order valence-electron chi connectivity index (χ2n) is 9.72. The quantitative estimate of drug-likeness (QED) is 0.228. The third-order valence-electron chi connectivity index (χ3n) is 6.55. The van der Waals surface area contributed by atoms with Crippen LogP contribution in [0.1, 0.15) is 44.7 Å². The SMILES string of the molecule is CCCCNC(=O)[C@H](C)N(Cc1cccc(C)c1)C(=O)CN(c1ccc(OCC)cc1)S(=O)(=O)c1ccc(Br)cc1. The van der Waals surface area contributed by atoms with Gasteiger partial charge >= 0.3 is 0 Å². The van der Waals surface area contributed by atoms with E-state index in [1.54, 1.807) is 43.3 Å². The van der Waals surface area contributed by atoms with Gasteiger partial charge in [-0.1, -0.05) is 59.1 Å². The first-order valence-corrected chi connectivity index (χ1v) is 15.9. The van der Waals surface area contributed by atoms with Crippen molar-refractivity contribution in [3.05, 3.63) is 88.4 Å². The highest BCUT2D eigenvalue weighted by atomic mass is 79.9. The molecule has 0 fully saturated rings. The topological polar surface area (TPSA) is 96.0 Å². The largest absolute Gasteiger partial charge is 0.494 e. The van der Waals surface area contributed by atoms with Gasteiger partial charge in [-0.05, 0) is 81.3 Å². The summed E-state index contributed by atoms with van der Waals surface area (Å²) >= 11 is 3.34. The van der Waals surface area contributed by atoms with Gasteiger partial charge in [0, 0.05) is 17.6 Å². The van der Waals surface area contributed by atoms with Crippen LogP contribution in [0, 0.1) is 6.92 Å². The lowest BCUT2D eigenvalue weighted by Gasteiger charge is -2.32. The maximum atomic E-state index is 14.0. The molecule has 3 aromatic carbocycles. The number of nitrogens with one attached hydrogen (secondary N) is 1. The predicted octanol–water partition coefficient (Wildman–Crippen LogP) is 5.69. The number of anilines is 1. The van der Waals surface area contributed by atoms with Gasteiger partial charge in [0.1, 0.15) is 18.3 Å². The van der Waals surface area contributed by atoms with E-state index in [4.69, 9.17) is 4.74 Å². The predicted molar refractivity (Wildman–Crippen MR) is 165 cm³/mol. The molecule has 0 aliphatic heterocycles. The Morgan fingerprint density at radius 2 is 1.68 bits per heavy atom. The first-order chi connectivity index (χ1) is 19.6. The molecule has 0 spiro atoms. The molecule has 0 aromatic heterocycles. The first kappa shape index (κ1) is 32.1. The third kappa shape index (κ3) is 8.81. The molecule has 3 rings (SSSR count). The Bertz CT molecular complexity index is 1410. The van der Waals surface area contributed by atoms with Crippen molar-refractivity contribution in [2.24, 2.45) is 0 Å². The van der Waals surface area contributed by atoms with Gasteiger partial charge in [0.05, 0.1) is 17.2 Å². The molecule has 0 unspecified atom stereocenters. The van der Waals surface area contributed by atoms with E-state index in [2.05, 4.69) is 21.2 Å². The van der Waals surface area contributed by atoms with Crippen molar-refractivity contribution in [2.75, 3.05) is 24.0 Å². The fourth-order valence-electron chi connectivity index (χ4n) is 4.26. The highest BCUT2D eigenvalue weighted by molar-refractivity contribution is 9.10. The number of benzene rings is 3. The second kappa shape index (κ2) is 15.0. The maximum Gasteiger partial charge on any atom is 0.264 e. The zero-order valence-corrected chi connectivity index (χ0v) is 26.4. The van der Waals surface area contributed by atoms with Crippen LogP contribution in [0.4, 0.5) is 5.69 Å². The number of carbonyl (C=O) groups is 2. The lowest BCUT2D eigenvalue weighted by molar-refractivity contribution is -0.139. The molecule has 0 saturated carbocycles. The number of sulfonamides is 1. The number of hydrogen-bond acceptors (Lipinski definition) is 5. The Morgan fingerprint density at radius 3 is 2.29 bits per heavy atom. The van der Waals surface area contributed by atoms with Crippen molar-refractivity contribution in [1.29, 1.82) is 0 Å². The number of halogens is 1. The molecule has 0 aliphatic carbocycles. The lowest BCUT2D eigenvalue weighted by atomic mass is 10.1. The summed E-state index contributed by atoms with van der Waals surface area (Å²) < 4.78 is 35.2. The first-order valence-electron chi connectivity index (χ1n) is 13.7. The summed E-state index contributed by atoms with van der Waals surface area (Å²) in [5.41, 5.74) is 2.17. The summed E-state index contributed by atoms with van der Waals surface area (Å²) in [4.78, 5) is 28.6. The van der Waals surface area contributed by atoms with Crippen LogP contribution in [0.15, 0.2) is 82.2 Å². The molecule has 1 atom stereocenters. The van der Waals surface area contributed by atoms with E-state index in [0.717, 1.165) is 32.7 Å². The van der Waals surface area contributed by atoms with Crippen molar-refractivity contribution in [1.82, 2.24) is 10.2 Å². The van der Waals surface area contributed by atoms with Crippen LogP contribution in [0.25, 0.3) is 0 Å². The van der Waals surface area contributed by atoms with E-state index in [9.17, 15) is 18.0 Å². The van der Waals surface area contributed by atoms with Crippen molar-refractivity contribution in [2.45, 2.75) is 58.0 Å². The summed E-state index contributed by atoms with van der Waals surface area (Å²) in [6, 6.07) is 19.7. The summed E-state index contributed by atoms with van der Waals surface area (Å²) in [6.07, 6.45) is 1.74. The van der Waals surface area contributed by atoms with Gasteiger partial charge in [0.2, 0.25) is 11.8 Å². The number of unbranched alkanes of at least 4 members (excludes halogenated alkanes) is 1. The molecule has 0 bridgehead atoms. The molecular formula is C31H38BrN3O5S. The van der Waals surface area contributed by atoms with Crippen LogP contribution >= 0.6 is 15.9 Å². The molecule has 0 radical (unpaired) electrons. The van der Waals surface area contributed by atoms with Gasteiger partial charge in [-0.25, -0.2) is 8.42 Å². The van der Waals surface area contributed by atoms with Crippen LogP contribution in [-0.4, -0.2) is 50.9 Å². The highest BCUT2D eigenvalue weighted by Crippen LogP contribution is 2.27. The molecular weight excluding hydrogens is 606 g/mol. The van der Waals surface area contributed by atoms with E-state index >= 15 is 0 Å². The number of hydrogen-bond donors (Lipinski definition) is 1. The molecule has 0 aliphatic rings. The zero-order chi connectivity index (χ0) is 30.0. The Morgan fingerprint density at radius 1 is 1.00 bits per heavy atom. The number of carbonyl (C=O) groups excluding carboxylic acids is 2. The molecule has 0 saturated heterocycles. The Balaban J connectivity index is 2.00. The van der Waals surface area contributed by atoms with Gasteiger partial charge in [0.15, 0.2) is 0 Å². The zero-order valence-electron chi connectivity index (χ0n) is 24.0. The minimum atomic E-state index is -4.14. The summed E-state index contributed by atoms with van der Waals surface area (Å²) in [5, 5.41) is 2.90. The van der Waals surface area contributed by atoms with E-state index in [-0.39, 0.29) is 17.3 Å². The average molecular weight is 645 g/mol. The fourth-order valence-corrected chi connectivity index (χ4v) is 5.94. The van der Waals surface area contributed by atoms with Gasteiger partial charge in [0.25, 0.3) is 10.0 Å². The van der Waals surface area contributed by atoms with Crippen LogP contribution in [0.5, 0.6) is 5.75 Å². The monoisotopic (exact) mass is 643 g/mol. The Labute approximate surface area is 251 Å². The molecule has 220 valence electrons. The average Bonchev–Trinajstić information content (AvgIpc) is 2.95. The van der Waals surface area contributed by atoms with Gasteiger partial charge in [-0.2, -0.15) is 0 Å². The number of ether oxygens (including phenoxy) is 1. The minimum Gasteiger partial charge on any atom is -0.494 e. The molecule has 3 aromatic rings. The molecule has 8 nitrogen and oxygen atoms in total. The Kier molecular flexibility index (Phi) is 11.8. The molecule has 41 heavy (non-hydrogen) atoms. The minimum absolute atomic E-state index is 0.0398. The highest BCUT2D eigenvalue weighted by Gasteiger charge is 2.32. The van der Waals surface area contributed by atoms with Gasteiger partial charge < -0.3 is 15.0 Å².